The summed E-state index contributed by atoms with van der Waals surface area (Å²) in [5.41, 5.74) is 0. The van der Waals surface area contributed by atoms with Gasteiger partial charge in [0.2, 0.25) is 0 Å². The van der Waals surface area contributed by atoms with Crippen molar-refractivity contribution in [3.8, 4) is 0 Å². The maximum Gasteiger partial charge on any atom is 0.0600 e. The second-order valence-electron chi connectivity index (χ2n) is 20.9. The zero-order valence-corrected chi connectivity index (χ0v) is 47.4. The summed E-state index contributed by atoms with van der Waals surface area (Å²) in [5, 5.41) is 10.0. The standard InChI is InChI=1S/C16H32N3O.C14H29N3.C12H25N2.C10H23N3.Y/c1-4-17-9-11-18(12-10-17)13-14-20-16-5-7-19(8-6-16)15(2)3;1-13(2)17-9-4-14(5-10-17)3-8-16-11-6-15-7-12-16;1-4-5-6-7-13-8-10-14(11-9-13)12(2)3;1-10(3-4-11-2)9-13-7-5-12-6-8-13;/h4,15-16H,5-14H2,1-3H3;13-15H,3-12H2,1-2H3;12H,1,4-11H2,2-3H3;10-12H,3-9H2,1-2H3;/q-1;;-1;;. The van der Waals surface area contributed by atoms with Crippen molar-refractivity contribution in [2.45, 2.75) is 137 Å². The first-order chi connectivity index (χ1) is 31.0. The third kappa shape index (κ3) is 28.3. The molecule has 6 saturated heterocycles. The SMILES string of the molecule is CC(C)N1CCC(CCN2CCNCC2)CC1.CNCCC(C)CN1CCNCC1.C[CH-]N1CCN(CCOC2CCN(C(C)C)CC2)CC1.[CH2-]CCCCN1CCN(C(C)C)CC1.[Y]. The van der Waals surface area contributed by atoms with E-state index in [2.05, 4.69) is 124 Å². The number of rotatable bonds is 20. The quantitative estimate of drug-likeness (QED) is 0.111. The van der Waals surface area contributed by atoms with Crippen LogP contribution in [0.5, 0.6) is 0 Å². The first kappa shape index (κ1) is 61.7. The fraction of sp³-hybridized carbons (Fsp3) is 0.962. The van der Waals surface area contributed by atoms with Crippen LogP contribution in [0.25, 0.3) is 0 Å². The number of likely N-dealkylation sites (tertiary alicyclic amines) is 2. The monoisotopic (exact) mass is 993 g/mol. The summed E-state index contributed by atoms with van der Waals surface area (Å²) in [6.07, 6.45) is 12.2. The van der Waals surface area contributed by atoms with Crippen molar-refractivity contribution in [3.05, 3.63) is 13.5 Å². The molecule has 1 unspecified atom stereocenters. The topological polar surface area (TPSA) is 71.2 Å². The molecular formula is C52H109N11OY-2. The van der Waals surface area contributed by atoms with E-state index in [-0.39, 0.29) is 32.7 Å². The Balaban J connectivity index is 0.000000301. The number of piperidine rings is 2. The fourth-order valence-electron chi connectivity index (χ4n) is 10.0. The summed E-state index contributed by atoms with van der Waals surface area (Å²) < 4.78 is 6.08. The number of unbranched alkanes of at least 4 members (excludes halogenated alkanes) is 2. The Morgan fingerprint density at radius 2 is 1.06 bits per heavy atom. The number of nitrogens with one attached hydrogen (secondary N) is 3. The van der Waals surface area contributed by atoms with Crippen LogP contribution in [0.4, 0.5) is 0 Å². The van der Waals surface area contributed by atoms with E-state index in [9.17, 15) is 0 Å². The van der Waals surface area contributed by atoms with E-state index < -0.39 is 0 Å². The minimum Gasteiger partial charge on any atom is -0.455 e. The first-order valence-electron chi connectivity index (χ1n) is 27.1. The molecule has 6 fully saturated rings. The molecule has 6 aliphatic heterocycles. The van der Waals surface area contributed by atoms with Crippen LogP contribution in [0.2, 0.25) is 0 Å². The molecule has 13 heteroatoms. The number of ether oxygens (including phenoxy) is 1. The van der Waals surface area contributed by atoms with Crippen molar-refractivity contribution in [1.82, 2.24) is 55.1 Å². The van der Waals surface area contributed by atoms with Crippen molar-refractivity contribution in [3.63, 3.8) is 0 Å². The van der Waals surface area contributed by atoms with Crippen LogP contribution in [0, 0.1) is 25.3 Å². The molecule has 0 aromatic heterocycles. The van der Waals surface area contributed by atoms with Crippen LogP contribution in [0.1, 0.15) is 113 Å². The fourth-order valence-corrected chi connectivity index (χ4v) is 10.0. The number of piperazine rings is 4. The van der Waals surface area contributed by atoms with Gasteiger partial charge >= 0.3 is 0 Å². The van der Waals surface area contributed by atoms with Crippen LogP contribution >= 0.6 is 0 Å². The van der Waals surface area contributed by atoms with E-state index >= 15 is 0 Å². The van der Waals surface area contributed by atoms with Gasteiger partial charge in [-0.25, -0.2) is 0 Å². The number of nitrogens with zero attached hydrogens (tertiary/aromatic N) is 8. The molecule has 0 aromatic rings. The first-order valence-corrected chi connectivity index (χ1v) is 27.1. The summed E-state index contributed by atoms with van der Waals surface area (Å²) in [5.74, 6) is 1.81. The van der Waals surface area contributed by atoms with E-state index in [4.69, 9.17) is 4.74 Å². The zero-order valence-electron chi connectivity index (χ0n) is 44.6. The van der Waals surface area contributed by atoms with Gasteiger partial charge in [-0.15, -0.1) is 0 Å². The second kappa shape index (κ2) is 38.3. The molecule has 0 spiro atoms. The van der Waals surface area contributed by atoms with E-state index in [1.807, 2.05) is 7.05 Å². The van der Waals surface area contributed by atoms with E-state index in [1.54, 1.807) is 0 Å². The Labute approximate surface area is 430 Å². The van der Waals surface area contributed by atoms with Crippen LogP contribution < -0.4 is 16.0 Å². The molecule has 0 aliphatic carbocycles. The Hall–Kier alpha value is 0.624. The second-order valence-corrected chi connectivity index (χ2v) is 20.9. The summed E-state index contributed by atoms with van der Waals surface area (Å²) >= 11 is 0. The van der Waals surface area contributed by atoms with Gasteiger partial charge in [-0.2, -0.15) is 13.3 Å². The molecule has 65 heavy (non-hydrogen) atoms. The molecule has 383 valence electrons. The normalized spacial score (nSPS) is 23.0. The molecule has 0 saturated carbocycles. The van der Waals surface area contributed by atoms with Gasteiger partial charge < -0.3 is 57.0 Å². The van der Waals surface area contributed by atoms with Gasteiger partial charge in [0.1, 0.15) is 0 Å². The Morgan fingerprint density at radius 1 is 0.585 bits per heavy atom. The Morgan fingerprint density at radius 3 is 1.57 bits per heavy atom. The molecule has 1 atom stereocenters. The van der Waals surface area contributed by atoms with Gasteiger partial charge in [-0.3, -0.25) is 16.3 Å². The maximum absolute atomic E-state index is 6.08. The van der Waals surface area contributed by atoms with Crippen LogP contribution in [0.3, 0.4) is 0 Å². The summed E-state index contributed by atoms with van der Waals surface area (Å²) in [6.45, 7) is 55.8. The molecular weight excluding hydrogens is 884 g/mol. The van der Waals surface area contributed by atoms with Gasteiger partial charge in [0.25, 0.3) is 0 Å². The molecule has 12 nitrogen and oxygen atoms in total. The minimum absolute atomic E-state index is 0. The third-order valence-electron chi connectivity index (χ3n) is 15.0. The van der Waals surface area contributed by atoms with Gasteiger partial charge in [-0.05, 0) is 151 Å². The maximum atomic E-state index is 6.08. The van der Waals surface area contributed by atoms with Gasteiger partial charge in [0.15, 0.2) is 0 Å². The van der Waals surface area contributed by atoms with Crippen LogP contribution in [0.15, 0.2) is 0 Å². The van der Waals surface area contributed by atoms with E-state index in [0.717, 1.165) is 50.0 Å². The van der Waals surface area contributed by atoms with Gasteiger partial charge in [-0.1, -0.05) is 13.3 Å². The number of hydrogen-bond donors (Lipinski definition) is 3. The summed E-state index contributed by atoms with van der Waals surface area (Å²) in [6, 6.07) is 2.14. The van der Waals surface area contributed by atoms with Crippen molar-refractivity contribution >= 4 is 0 Å². The molecule has 6 rings (SSSR count). The van der Waals surface area contributed by atoms with E-state index in [1.165, 1.54) is 202 Å². The van der Waals surface area contributed by atoms with Crippen molar-refractivity contribution in [1.29, 1.82) is 0 Å². The molecule has 3 N–H and O–H groups in total. The summed E-state index contributed by atoms with van der Waals surface area (Å²) in [4.78, 5) is 20.5. The molecule has 0 aromatic carbocycles. The third-order valence-corrected chi connectivity index (χ3v) is 15.0. The Kier molecular flexibility index (Phi) is 36.4. The Bertz CT molecular complexity index is 1050. The molecule has 6 aliphatic rings. The summed E-state index contributed by atoms with van der Waals surface area (Å²) in [7, 11) is 2.03. The van der Waals surface area contributed by atoms with Gasteiger partial charge in [0.05, 0.1) is 12.7 Å². The van der Waals surface area contributed by atoms with Crippen molar-refractivity contribution in [2.24, 2.45) is 11.8 Å². The van der Waals surface area contributed by atoms with Crippen molar-refractivity contribution < 1.29 is 37.4 Å². The molecule has 1 radical (unpaired) electrons. The predicted octanol–water partition coefficient (Wildman–Crippen LogP) is 5.23. The molecule has 0 amide bonds. The minimum atomic E-state index is 0. The smallest absolute Gasteiger partial charge is 0.0600 e. The van der Waals surface area contributed by atoms with Gasteiger partial charge in [0, 0.05) is 169 Å². The average Bonchev–Trinajstić information content (AvgIpc) is 3.32. The predicted molar refractivity (Wildman–Crippen MR) is 276 cm³/mol. The largest absolute Gasteiger partial charge is 0.455 e. The molecule has 0 bridgehead atoms. The van der Waals surface area contributed by atoms with Crippen LogP contribution in [-0.4, -0.2) is 241 Å². The average molecular weight is 993 g/mol. The molecule has 6 heterocycles. The zero-order chi connectivity index (χ0) is 46.4. The number of hydrogen-bond acceptors (Lipinski definition) is 12. The van der Waals surface area contributed by atoms with Crippen molar-refractivity contribution in [2.75, 3.05) is 177 Å². The van der Waals surface area contributed by atoms with E-state index in [0.29, 0.717) is 12.1 Å². The van der Waals surface area contributed by atoms with Crippen LogP contribution in [-0.2, 0) is 37.4 Å².